The van der Waals surface area contributed by atoms with E-state index in [1.807, 2.05) is 0 Å². The molecular weight excluding hydrogens is 402 g/mol. The lowest BCUT2D eigenvalue weighted by molar-refractivity contribution is -0.118. The molecule has 0 heterocycles. The zero-order valence-corrected chi connectivity index (χ0v) is 15.7. The molecule has 3 rings (SSSR count). The monoisotopic (exact) mass is 418 g/mol. The second-order valence-corrected chi connectivity index (χ2v) is 7.61. The molecular formula is C20H16F2N2O4S. The first-order valence-corrected chi connectivity index (χ1v) is 9.87. The van der Waals surface area contributed by atoms with E-state index in [2.05, 4.69) is 10.0 Å². The van der Waals surface area contributed by atoms with Crippen LogP contribution in [-0.2, 0) is 14.8 Å². The molecule has 0 saturated carbocycles. The minimum Gasteiger partial charge on any atom is -0.484 e. The molecule has 0 aliphatic heterocycles. The molecule has 1 amide bonds. The van der Waals surface area contributed by atoms with Crippen molar-refractivity contribution in [1.29, 1.82) is 0 Å². The summed E-state index contributed by atoms with van der Waals surface area (Å²) in [5.41, 5.74) is 0.521. The highest BCUT2D eigenvalue weighted by atomic mass is 32.2. The van der Waals surface area contributed by atoms with Gasteiger partial charge in [-0.1, -0.05) is 6.07 Å². The maximum absolute atomic E-state index is 13.1. The minimum atomic E-state index is -3.86. The number of sulfonamides is 1. The SMILES string of the molecule is O=C(COc1ccc(S(=O)(=O)Nc2ccc(F)cc2)cc1)Nc1cccc(F)c1. The summed E-state index contributed by atoms with van der Waals surface area (Å²) in [7, 11) is -3.86. The Balaban J connectivity index is 1.58. The van der Waals surface area contributed by atoms with Gasteiger partial charge in [-0.2, -0.15) is 0 Å². The molecule has 0 aliphatic carbocycles. The van der Waals surface area contributed by atoms with Crippen molar-refractivity contribution in [3.05, 3.63) is 84.4 Å². The van der Waals surface area contributed by atoms with Gasteiger partial charge in [0.1, 0.15) is 17.4 Å². The number of hydrogen-bond acceptors (Lipinski definition) is 4. The van der Waals surface area contributed by atoms with E-state index in [1.54, 1.807) is 0 Å². The molecule has 9 heteroatoms. The minimum absolute atomic E-state index is 0.0293. The average Bonchev–Trinajstić information content (AvgIpc) is 2.68. The molecule has 29 heavy (non-hydrogen) atoms. The first-order chi connectivity index (χ1) is 13.8. The highest BCUT2D eigenvalue weighted by molar-refractivity contribution is 7.92. The molecule has 3 aromatic rings. The van der Waals surface area contributed by atoms with Crippen LogP contribution in [0.25, 0.3) is 0 Å². The van der Waals surface area contributed by atoms with Gasteiger partial charge in [-0.25, -0.2) is 17.2 Å². The first kappa shape index (κ1) is 20.3. The van der Waals surface area contributed by atoms with Crippen molar-refractivity contribution in [3.8, 4) is 5.75 Å². The van der Waals surface area contributed by atoms with Crippen molar-refractivity contribution in [2.75, 3.05) is 16.6 Å². The molecule has 0 fully saturated rings. The van der Waals surface area contributed by atoms with Crippen LogP contribution in [0.15, 0.2) is 77.7 Å². The molecule has 6 nitrogen and oxygen atoms in total. The maximum Gasteiger partial charge on any atom is 0.262 e. The van der Waals surface area contributed by atoms with Crippen molar-refractivity contribution >= 4 is 27.3 Å². The lowest BCUT2D eigenvalue weighted by Crippen LogP contribution is -2.20. The van der Waals surface area contributed by atoms with Crippen LogP contribution in [0.1, 0.15) is 0 Å². The highest BCUT2D eigenvalue weighted by Gasteiger charge is 2.14. The fraction of sp³-hybridized carbons (Fsp3) is 0.0500. The number of carbonyl (C=O) groups excluding carboxylic acids is 1. The van der Waals surface area contributed by atoms with Gasteiger partial charge in [-0.3, -0.25) is 9.52 Å². The number of nitrogens with one attached hydrogen (secondary N) is 2. The zero-order chi connectivity index (χ0) is 20.9. The van der Waals surface area contributed by atoms with Gasteiger partial charge in [0.2, 0.25) is 0 Å². The first-order valence-electron chi connectivity index (χ1n) is 8.38. The predicted molar refractivity (Wildman–Crippen MR) is 104 cm³/mol. The van der Waals surface area contributed by atoms with Crippen LogP contribution in [0, 0.1) is 11.6 Å². The number of amides is 1. The van der Waals surface area contributed by atoms with Crippen LogP contribution in [0.2, 0.25) is 0 Å². The van der Waals surface area contributed by atoms with E-state index in [0.29, 0.717) is 5.69 Å². The molecule has 0 bridgehead atoms. The second kappa shape index (κ2) is 8.70. The lowest BCUT2D eigenvalue weighted by Gasteiger charge is -2.10. The van der Waals surface area contributed by atoms with Gasteiger partial charge in [0, 0.05) is 11.4 Å². The fourth-order valence-electron chi connectivity index (χ4n) is 2.36. The Kier molecular flexibility index (Phi) is 6.08. The van der Waals surface area contributed by atoms with E-state index in [0.717, 1.165) is 12.1 Å². The highest BCUT2D eigenvalue weighted by Crippen LogP contribution is 2.19. The summed E-state index contributed by atoms with van der Waals surface area (Å²) in [6, 6.07) is 15.7. The number of hydrogen-bond donors (Lipinski definition) is 2. The molecule has 0 aromatic heterocycles. The number of benzene rings is 3. The van der Waals surface area contributed by atoms with Gasteiger partial charge < -0.3 is 10.1 Å². The standard InChI is InChI=1S/C20H16F2N2O4S/c21-14-4-6-16(7-5-14)24-29(26,27)19-10-8-18(9-11-19)28-13-20(25)23-17-3-1-2-15(22)12-17/h1-12,24H,13H2,(H,23,25). The van der Waals surface area contributed by atoms with Gasteiger partial charge in [0.25, 0.3) is 15.9 Å². The van der Waals surface area contributed by atoms with Gasteiger partial charge in [0.05, 0.1) is 4.90 Å². The normalized spacial score (nSPS) is 11.0. The van der Waals surface area contributed by atoms with Crippen molar-refractivity contribution in [2.45, 2.75) is 4.90 Å². The molecule has 0 unspecified atom stereocenters. The summed E-state index contributed by atoms with van der Waals surface area (Å²) in [5, 5.41) is 2.48. The number of carbonyl (C=O) groups is 1. The van der Waals surface area contributed by atoms with Gasteiger partial charge >= 0.3 is 0 Å². The van der Waals surface area contributed by atoms with Crippen molar-refractivity contribution in [1.82, 2.24) is 0 Å². The van der Waals surface area contributed by atoms with E-state index in [4.69, 9.17) is 4.74 Å². The van der Waals surface area contributed by atoms with Crippen molar-refractivity contribution < 1.29 is 26.7 Å². The predicted octanol–water partition coefficient (Wildman–Crippen LogP) is 3.78. The molecule has 0 spiro atoms. The van der Waals surface area contributed by atoms with Crippen LogP contribution in [0.5, 0.6) is 5.75 Å². The molecule has 150 valence electrons. The van der Waals surface area contributed by atoms with E-state index < -0.39 is 27.6 Å². The van der Waals surface area contributed by atoms with Gasteiger partial charge in [-0.05, 0) is 66.7 Å². The second-order valence-electron chi connectivity index (χ2n) is 5.93. The van der Waals surface area contributed by atoms with Gasteiger partial charge in [0.15, 0.2) is 6.61 Å². The van der Waals surface area contributed by atoms with Gasteiger partial charge in [-0.15, -0.1) is 0 Å². The summed E-state index contributed by atoms with van der Waals surface area (Å²) in [6.45, 7) is -0.337. The summed E-state index contributed by atoms with van der Waals surface area (Å²) in [6.07, 6.45) is 0. The topological polar surface area (TPSA) is 84.5 Å². The number of ether oxygens (including phenoxy) is 1. The van der Waals surface area contributed by atoms with Crippen molar-refractivity contribution in [3.63, 3.8) is 0 Å². The molecule has 0 saturated heterocycles. The van der Waals surface area contributed by atoms with Crippen LogP contribution in [-0.4, -0.2) is 20.9 Å². The third kappa shape index (κ3) is 5.76. The van der Waals surface area contributed by atoms with E-state index in [1.165, 1.54) is 60.7 Å². The Morgan fingerprint density at radius 1 is 0.862 bits per heavy atom. The largest absolute Gasteiger partial charge is 0.484 e. The van der Waals surface area contributed by atoms with Crippen LogP contribution in [0.4, 0.5) is 20.2 Å². The third-order valence-electron chi connectivity index (χ3n) is 3.71. The Bertz CT molecular complexity index is 1100. The summed E-state index contributed by atoms with van der Waals surface area (Å²) < 4.78 is 58.4. The van der Waals surface area contributed by atoms with Crippen molar-refractivity contribution in [2.24, 2.45) is 0 Å². The molecule has 2 N–H and O–H groups in total. The zero-order valence-electron chi connectivity index (χ0n) is 14.9. The quantitative estimate of drug-likeness (QED) is 0.612. The Morgan fingerprint density at radius 2 is 1.55 bits per heavy atom. The smallest absolute Gasteiger partial charge is 0.262 e. The number of anilines is 2. The third-order valence-corrected chi connectivity index (χ3v) is 5.11. The van der Waals surface area contributed by atoms with Crippen LogP contribution in [0.3, 0.4) is 0 Å². The molecule has 0 radical (unpaired) electrons. The molecule has 3 aromatic carbocycles. The van der Waals surface area contributed by atoms with E-state index in [-0.39, 0.29) is 22.9 Å². The van der Waals surface area contributed by atoms with E-state index >= 15 is 0 Å². The van der Waals surface area contributed by atoms with Crippen LogP contribution >= 0.6 is 0 Å². The number of rotatable bonds is 7. The lowest BCUT2D eigenvalue weighted by atomic mass is 10.3. The Morgan fingerprint density at radius 3 is 2.21 bits per heavy atom. The fourth-order valence-corrected chi connectivity index (χ4v) is 3.42. The summed E-state index contributed by atoms with van der Waals surface area (Å²) in [4.78, 5) is 11.8. The summed E-state index contributed by atoms with van der Waals surface area (Å²) in [5.74, 6) is -1.17. The molecule has 0 aliphatic rings. The molecule has 0 atom stereocenters. The van der Waals surface area contributed by atoms with E-state index in [9.17, 15) is 22.0 Å². The Labute approximate surface area is 166 Å². The Hall–Kier alpha value is -3.46. The summed E-state index contributed by atoms with van der Waals surface area (Å²) >= 11 is 0. The average molecular weight is 418 g/mol. The maximum atomic E-state index is 13.1. The number of halogens is 2. The van der Waals surface area contributed by atoms with Crippen LogP contribution < -0.4 is 14.8 Å².